The summed E-state index contributed by atoms with van der Waals surface area (Å²) < 4.78 is 0. The van der Waals surface area contributed by atoms with Crippen LogP contribution in [0.25, 0.3) is 0 Å². The normalized spacial score (nSPS) is 12.3. The fourth-order valence-electron chi connectivity index (χ4n) is 1.72. The van der Waals surface area contributed by atoms with E-state index in [9.17, 15) is 4.79 Å². The average Bonchev–Trinajstić information content (AvgIpc) is 2.21. The first-order valence-electron chi connectivity index (χ1n) is 5.05. The van der Waals surface area contributed by atoms with Crippen molar-refractivity contribution in [3.63, 3.8) is 0 Å². The molecule has 0 aliphatic heterocycles. The Hall–Kier alpha value is -1.35. The van der Waals surface area contributed by atoms with Crippen molar-refractivity contribution in [3.05, 3.63) is 34.4 Å². The number of hydrazine groups is 1. The van der Waals surface area contributed by atoms with Gasteiger partial charge in [0, 0.05) is 0 Å². The van der Waals surface area contributed by atoms with Crippen molar-refractivity contribution in [2.45, 2.75) is 33.6 Å². The molecule has 0 saturated carbocycles. The Bertz CT molecular complexity index is 385. The van der Waals surface area contributed by atoms with Crippen LogP contribution in [-0.2, 0) is 4.79 Å². The van der Waals surface area contributed by atoms with E-state index < -0.39 is 0 Å². The summed E-state index contributed by atoms with van der Waals surface area (Å²) in [5.41, 5.74) is 6.81. The summed E-state index contributed by atoms with van der Waals surface area (Å²) in [6.07, 6.45) is 0. The summed E-state index contributed by atoms with van der Waals surface area (Å²) in [7, 11) is 0. The number of benzene rings is 1. The van der Waals surface area contributed by atoms with Crippen LogP contribution in [0.1, 0.15) is 35.1 Å². The molecule has 0 bridgehead atoms. The number of carbonyl (C=O) groups excluding carboxylic acids is 1. The van der Waals surface area contributed by atoms with Crippen molar-refractivity contribution in [2.24, 2.45) is 5.84 Å². The Morgan fingerprint density at radius 2 is 1.73 bits per heavy atom. The van der Waals surface area contributed by atoms with Gasteiger partial charge in [0.1, 0.15) is 0 Å². The maximum absolute atomic E-state index is 11.4. The molecule has 0 spiro atoms. The smallest absolute Gasteiger partial charge is 0.241 e. The van der Waals surface area contributed by atoms with Gasteiger partial charge >= 0.3 is 0 Å². The highest BCUT2D eigenvalue weighted by atomic mass is 16.2. The van der Waals surface area contributed by atoms with Gasteiger partial charge in [0.15, 0.2) is 0 Å². The van der Waals surface area contributed by atoms with Crippen LogP contribution in [0.2, 0.25) is 0 Å². The second-order valence-electron chi connectivity index (χ2n) is 4.02. The molecular weight excluding hydrogens is 188 g/mol. The number of rotatable bonds is 2. The molecule has 3 nitrogen and oxygen atoms in total. The third kappa shape index (κ3) is 2.36. The molecule has 1 rings (SSSR count). The summed E-state index contributed by atoms with van der Waals surface area (Å²) >= 11 is 0. The van der Waals surface area contributed by atoms with Crippen LogP contribution in [-0.4, -0.2) is 5.91 Å². The van der Waals surface area contributed by atoms with Crippen LogP contribution in [0.4, 0.5) is 0 Å². The molecule has 3 N–H and O–H groups in total. The summed E-state index contributed by atoms with van der Waals surface area (Å²) in [4.78, 5) is 11.4. The zero-order valence-corrected chi connectivity index (χ0v) is 9.72. The Kier molecular flexibility index (Phi) is 3.48. The molecule has 1 unspecified atom stereocenters. The Morgan fingerprint density at radius 3 is 2.27 bits per heavy atom. The summed E-state index contributed by atoms with van der Waals surface area (Å²) in [6.45, 7) is 7.99. The number of nitrogens with two attached hydrogens (primary N) is 1. The first-order chi connectivity index (χ1) is 6.97. The highest BCUT2D eigenvalue weighted by Gasteiger charge is 2.16. The summed E-state index contributed by atoms with van der Waals surface area (Å²) in [5.74, 6) is 4.78. The molecule has 0 aliphatic rings. The molecule has 0 aromatic heterocycles. The van der Waals surface area contributed by atoms with Crippen molar-refractivity contribution >= 4 is 5.91 Å². The maximum atomic E-state index is 11.4. The predicted molar refractivity (Wildman–Crippen MR) is 61.4 cm³/mol. The van der Waals surface area contributed by atoms with Crippen molar-refractivity contribution in [1.29, 1.82) is 0 Å². The van der Waals surface area contributed by atoms with Crippen LogP contribution < -0.4 is 11.3 Å². The number of carbonyl (C=O) groups is 1. The number of hydrogen-bond donors (Lipinski definition) is 2. The topological polar surface area (TPSA) is 55.1 Å². The second kappa shape index (κ2) is 4.45. The summed E-state index contributed by atoms with van der Waals surface area (Å²) in [6, 6.07) is 4.16. The molecule has 0 saturated heterocycles. The van der Waals surface area contributed by atoms with E-state index in [0.717, 1.165) is 11.1 Å². The number of aryl methyl sites for hydroxylation is 3. The van der Waals surface area contributed by atoms with Crippen LogP contribution in [0.3, 0.4) is 0 Å². The fourth-order valence-corrected chi connectivity index (χ4v) is 1.72. The minimum atomic E-state index is -0.200. The minimum Gasteiger partial charge on any atom is -0.294 e. The molecule has 0 radical (unpaired) electrons. The standard InChI is InChI=1S/C12H18N2O/c1-7-5-9(3)11(6-8(7)2)10(4)12(15)14-13/h5-6,10H,13H2,1-4H3,(H,14,15). The summed E-state index contributed by atoms with van der Waals surface area (Å²) in [5, 5.41) is 0. The van der Waals surface area contributed by atoms with E-state index in [1.807, 2.05) is 20.8 Å². The van der Waals surface area contributed by atoms with Crippen LogP contribution in [0.5, 0.6) is 0 Å². The van der Waals surface area contributed by atoms with E-state index in [1.54, 1.807) is 0 Å². The Morgan fingerprint density at radius 1 is 1.20 bits per heavy atom. The maximum Gasteiger partial charge on any atom is 0.241 e. The second-order valence-corrected chi connectivity index (χ2v) is 4.02. The minimum absolute atomic E-state index is 0.152. The molecule has 3 heteroatoms. The lowest BCUT2D eigenvalue weighted by atomic mass is 9.92. The molecule has 15 heavy (non-hydrogen) atoms. The zero-order valence-electron chi connectivity index (χ0n) is 9.72. The fraction of sp³-hybridized carbons (Fsp3) is 0.417. The zero-order chi connectivity index (χ0) is 11.6. The number of hydrogen-bond acceptors (Lipinski definition) is 2. The molecule has 0 heterocycles. The molecule has 0 fully saturated rings. The van der Waals surface area contributed by atoms with Gasteiger partial charge in [-0.3, -0.25) is 10.2 Å². The molecule has 1 amide bonds. The lowest BCUT2D eigenvalue weighted by Crippen LogP contribution is -2.34. The first kappa shape index (κ1) is 11.7. The van der Waals surface area contributed by atoms with Gasteiger partial charge < -0.3 is 0 Å². The average molecular weight is 206 g/mol. The Labute approximate surface area is 90.6 Å². The van der Waals surface area contributed by atoms with Gasteiger partial charge in [-0.25, -0.2) is 5.84 Å². The van der Waals surface area contributed by atoms with Gasteiger partial charge in [-0.1, -0.05) is 12.1 Å². The lowest BCUT2D eigenvalue weighted by molar-refractivity contribution is -0.122. The van der Waals surface area contributed by atoms with Crippen molar-refractivity contribution in [2.75, 3.05) is 0 Å². The van der Waals surface area contributed by atoms with Gasteiger partial charge in [-0.2, -0.15) is 0 Å². The van der Waals surface area contributed by atoms with Gasteiger partial charge in [-0.05, 0) is 49.9 Å². The molecule has 0 aliphatic carbocycles. The van der Waals surface area contributed by atoms with Crippen LogP contribution in [0, 0.1) is 20.8 Å². The monoisotopic (exact) mass is 206 g/mol. The van der Waals surface area contributed by atoms with E-state index in [1.165, 1.54) is 11.1 Å². The SMILES string of the molecule is Cc1cc(C)c(C(C)C(=O)NN)cc1C. The molecule has 1 atom stereocenters. The highest BCUT2D eigenvalue weighted by Crippen LogP contribution is 2.23. The van der Waals surface area contributed by atoms with Crippen LogP contribution in [0.15, 0.2) is 12.1 Å². The Balaban J connectivity index is 3.14. The van der Waals surface area contributed by atoms with Gasteiger partial charge in [0.25, 0.3) is 0 Å². The van der Waals surface area contributed by atoms with Crippen LogP contribution >= 0.6 is 0 Å². The van der Waals surface area contributed by atoms with Crippen molar-refractivity contribution < 1.29 is 4.79 Å². The molecule has 82 valence electrons. The number of amides is 1. The third-order valence-electron chi connectivity index (χ3n) is 2.88. The lowest BCUT2D eigenvalue weighted by Gasteiger charge is -2.15. The quantitative estimate of drug-likeness (QED) is 0.439. The van der Waals surface area contributed by atoms with E-state index in [-0.39, 0.29) is 11.8 Å². The van der Waals surface area contributed by atoms with Gasteiger partial charge in [0.05, 0.1) is 5.92 Å². The first-order valence-corrected chi connectivity index (χ1v) is 5.05. The molecular formula is C12H18N2O. The highest BCUT2D eigenvalue weighted by molar-refractivity contribution is 5.83. The predicted octanol–water partition coefficient (Wildman–Crippen LogP) is 1.71. The number of nitrogens with one attached hydrogen (secondary N) is 1. The molecule has 1 aromatic rings. The largest absolute Gasteiger partial charge is 0.294 e. The van der Waals surface area contributed by atoms with E-state index >= 15 is 0 Å². The third-order valence-corrected chi connectivity index (χ3v) is 2.88. The van der Waals surface area contributed by atoms with E-state index in [0.29, 0.717) is 0 Å². The van der Waals surface area contributed by atoms with Gasteiger partial charge in [-0.15, -0.1) is 0 Å². The van der Waals surface area contributed by atoms with Crippen molar-refractivity contribution in [3.8, 4) is 0 Å². The van der Waals surface area contributed by atoms with Crippen molar-refractivity contribution in [1.82, 2.24) is 5.43 Å². The van der Waals surface area contributed by atoms with E-state index in [4.69, 9.17) is 5.84 Å². The molecule has 1 aromatic carbocycles. The van der Waals surface area contributed by atoms with E-state index in [2.05, 4.69) is 24.5 Å². The van der Waals surface area contributed by atoms with Gasteiger partial charge in [0.2, 0.25) is 5.91 Å².